The van der Waals surface area contributed by atoms with Crippen LogP contribution in [-0.4, -0.2) is 28.8 Å². The van der Waals surface area contributed by atoms with E-state index in [0.717, 1.165) is 6.07 Å². The first-order valence-corrected chi connectivity index (χ1v) is 7.97. The molecule has 0 radical (unpaired) electrons. The fourth-order valence-corrected chi connectivity index (χ4v) is 2.13. The molecule has 2 rings (SSSR count). The molecule has 0 aromatic heterocycles. The number of carbonyl (C=O) groups is 3. The van der Waals surface area contributed by atoms with Gasteiger partial charge in [0.25, 0.3) is 17.5 Å². The van der Waals surface area contributed by atoms with Gasteiger partial charge in [-0.05, 0) is 31.2 Å². The van der Waals surface area contributed by atoms with Gasteiger partial charge in [0.2, 0.25) is 0 Å². The molecule has 9 nitrogen and oxygen atoms in total. The van der Waals surface area contributed by atoms with Gasteiger partial charge >= 0.3 is 5.97 Å². The lowest BCUT2D eigenvalue weighted by Crippen LogP contribution is -2.46. The van der Waals surface area contributed by atoms with E-state index in [2.05, 4.69) is 10.9 Å². The lowest BCUT2D eigenvalue weighted by atomic mass is 10.2. The molecule has 0 spiro atoms. The van der Waals surface area contributed by atoms with Gasteiger partial charge in [0.15, 0.2) is 6.10 Å². The van der Waals surface area contributed by atoms with Gasteiger partial charge in [-0.15, -0.1) is 0 Å². The van der Waals surface area contributed by atoms with E-state index < -0.39 is 34.5 Å². The molecule has 2 aromatic carbocycles. The van der Waals surface area contributed by atoms with Gasteiger partial charge in [-0.3, -0.25) is 30.6 Å². The number of nitrogens with zero attached hydrogens (tertiary/aromatic N) is 1. The molecule has 2 amide bonds. The Morgan fingerprint density at radius 3 is 2.37 bits per heavy atom. The molecular weight excluding hydrogens is 378 g/mol. The monoisotopic (exact) mass is 391 g/mol. The minimum atomic E-state index is -1.26. The van der Waals surface area contributed by atoms with Crippen LogP contribution in [0.25, 0.3) is 0 Å². The third kappa shape index (κ3) is 5.25. The Morgan fingerprint density at radius 2 is 1.74 bits per heavy atom. The lowest BCUT2D eigenvalue weighted by Gasteiger charge is -2.14. The van der Waals surface area contributed by atoms with E-state index in [-0.39, 0.29) is 10.6 Å². The number of rotatable bonds is 5. The molecule has 0 unspecified atom stereocenters. The first-order chi connectivity index (χ1) is 12.8. The second kappa shape index (κ2) is 8.77. The minimum Gasteiger partial charge on any atom is -0.449 e. The van der Waals surface area contributed by atoms with Gasteiger partial charge in [-0.25, -0.2) is 4.79 Å². The summed E-state index contributed by atoms with van der Waals surface area (Å²) in [7, 11) is 0. The number of benzene rings is 2. The van der Waals surface area contributed by atoms with Crippen LogP contribution in [0.3, 0.4) is 0 Å². The quantitative estimate of drug-likeness (QED) is 0.457. The summed E-state index contributed by atoms with van der Waals surface area (Å²) in [6.07, 6.45) is -1.26. The zero-order valence-corrected chi connectivity index (χ0v) is 14.7. The third-order valence-corrected chi connectivity index (χ3v) is 3.69. The van der Waals surface area contributed by atoms with E-state index in [1.165, 1.54) is 19.1 Å². The van der Waals surface area contributed by atoms with Gasteiger partial charge in [-0.1, -0.05) is 29.8 Å². The minimum absolute atomic E-state index is 0.133. The molecule has 1 atom stereocenters. The Bertz CT molecular complexity index is 887. The number of nitrogens with one attached hydrogen (secondary N) is 2. The zero-order chi connectivity index (χ0) is 20.0. The first-order valence-electron chi connectivity index (χ1n) is 7.59. The van der Waals surface area contributed by atoms with Crippen LogP contribution in [0.4, 0.5) is 5.69 Å². The molecule has 0 saturated heterocycles. The summed E-state index contributed by atoms with van der Waals surface area (Å²) in [4.78, 5) is 45.9. The van der Waals surface area contributed by atoms with Crippen LogP contribution < -0.4 is 10.9 Å². The maximum Gasteiger partial charge on any atom is 0.339 e. The average molecular weight is 392 g/mol. The summed E-state index contributed by atoms with van der Waals surface area (Å²) in [5.74, 6) is -2.28. The molecule has 2 N–H and O–H groups in total. The van der Waals surface area contributed by atoms with Crippen LogP contribution in [0.15, 0.2) is 48.5 Å². The largest absolute Gasteiger partial charge is 0.449 e. The predicted molar refractivity (Wildman–Crippen MR) is 95.0 cm³/mol. The SMILES string of the molecule is C[C@@H](OC(=O)c1ccc(Cl)c([N+](=O)[O-])c1)C(=O)NNC(=O)c1ccccc1. The second-order valence-electron chi connectivity index (χ2n) is 5.28. The van der Waals surface area contributed by atoms with Crippen LogP contribution in [0.2, 0.25) is 5.02 Å². The number of hydrogen-bond acceptors (Lipinski definition) is 6. The van der Waals surface area contributed by atoms with Crippen LogP contribution in [0.5, 0.6) is 0 Å². The molecule has 0 aliphatic heterocycles. The molecular formula is C17H14ClN3O6. The smallest absolute Gasteiger partial charge is 0.339 e. The highest BCUT2D eigenvalue weighted by Gasteiger charge is 2.22. The van der Waals surface area contributed by atoms with Crippen LogP contribution in [0.1, 0.15) is 27.6 Å². The molecule has 10 heteroatoms. The number of esters is 1. The number of ether oxygens (including phenoxy) is 1. The van der Waals surface area contributed by atoms with Crippen molar-refractivity contribution < 1.29 is 24.0 Å². The molecule has 0 aliphatic rings. The standard InChI is InChI=1S/C17H14ClN3O6/c1-10(15(22)19-20-16(23)11-5-3-2-4-6-11)27-17(24)12-7-8-13(18)14(9-12)21(25)26/h2-10H,1H3,(H,19,22)(H,20,23)/t10-/m1/s1. The summed E-state index contributed by atoms with van der Waals surface area (Å²) in [6, 6.07) is 11.5. The van der Waals surface area contributed by atoms with Crippen molar-refractivity contribution in [1.82, 2.24) is 10.9 Å². The van der Waals surface area contributed by atoms with Gasteiger partial charge in [0.05, 0.1) is 10.5 Å². The summed E-state index contributed by atoms with van der Waals surface area (Å²) >= 11 is 5.68. The number of hydrazine groups is 1. The van der Waals surface area contributed by atoms with Gasteiger partial charge in [0, 0.05) is 11.6 Å². The van der Waals surface area contributed by atoms with Crippen molar-refractivity contribution in [3.63, 3.8) is 0 Å². The maximum absolute atomic E-state index is 12.1. The Balaban J connectivity index is 1.94. The number of amides is 2. The van der Waals surface area contributed by atoms with Gasteiger partial charge in [0.1, 0.15) is 5.02 Å². The zero-order valence-electron chi connectivity index (χ0n) is 14.0. The highest BCUT2D eigenvalue weighted by Crippen LogP contribution is 2.25. The van der Waals surface area contributed by atoms with Crippen molar-refractivity contribution in [2.75, 3.05) is 0 Å². The van der Waals surface area contributed by atoms with Gasteiger partial charge in [-0.2, -0.15) is 0 Å². The maximum atomic E-state index is 12.1. The molecule has 140 valence electrons. The van der Waals surface area contributed by atoms with E-state index in [1.54, 1.807) is 30.3 Å². The van der Waals surface area contributed by atoms with E-state index in [4.69, 9.17) is 16.3 Å². The molecule has 0 saturated carbocycles. The summed E-state index contributed by atoms with van der Waals surface area (Å²) in [5, 5.41) is 10.7. The van der Waals surface area contributed by atoms with E-state index in [0.29, 0.717) is 5.56 Å². The lowest BCUT2D eigenvalue weighted by molar-refractivity contribution is -0.384. The molecule has 27 heavy (non-hydrogen) atoms. The Labute approximate surface area is 158 Å². The van der Waals surface area contributed by atoms with Crippen molar-refractivity contribution >= 4 is 35.1 Å². The number of nitro groups is 1. The van der Waals surface area contributed by atoms with E-state index in [1.807, 2.05) is 0 Å². The highest BCUT2D eigenvalue weighted by atomic mass is 35.5. The Morgan fingerprint density at radius 1 is 1.07 bits per heavy atom. The van der Waals surface area contributed by atoms with Crippen molar-refractivity contribution in [2.24, 2.45) is 0 Å². The number of halogens is 1. The molecule has 0 bridgehead atoms. The van der Waals surface area contributed by atoms with Crippen LogP contribution >= 0.6 is 11.6 Å². The molecule has 0 fully saturated rings. The summed E-state index contributed by atoms with van der Waals surface area (Å²) in [6.45, 7) is 1.28. The van der Waals surface area contributed by atoms with Gasteiger partial charge < -0.3 is 4.74 Å². The van der Waals surface area contributed by atoms with Crippen molar-refractivity contribution in [1.29, 1.82) is 0 Å². The third-order valence-electron chi connectivity index (χ3n) is 3.37. The van der Waals surface area contributed by atoms with Crippen molar-refractivity contribution in [3.8, 4) is 0 Å². The summed E-state index contributed by atoms with van der Waals surface area (Å²) < 4.78 is 4.94. The molecule has 0 aliphatic carbocycles. The van der Waals surface area contributed by atoms with E-state index in [9.17, 15) is 24.5 Å². The van der Waals surface area contributed by atoms with Crippen molar-refractivity contribution in [3.05, 3.63) is 74.8 Å². The van der Waals surface area contributed by atoms with Crippen molar-refractivity contribution in [2.45, 2.75) is 13.0 Å². The fraction of sp³-hybridized carbons (Fsp3) is 0.118. The Hall–Kier alpha value is -3.46. The second-order valence-corrected chi connectivity index (χ2v) is 5.69. The topological polar surface area (TPSA) is 128 Å². The number of carbonyl (C=O) groups excluding carboxylic acids is 3. The molecule has 2 aromatic rings. The molecule has 0 heterocycles. The number of nitro benzene ring substituents is 1. The first kappa shape index (κ1) is 19.9. The van der Waals surface area contributed by atoms with E-state index >= 15 is 0 Å². The predicted octanol–water partition coefficient (Wildman–Crippen LogP) is 2.25. The Kier molecular flexibility index (Phi) is 6.45. The normalized spacial score (nSPS) is 11.2. The summed E-state index contributed by atoms with van der Waals surface area (Å²) in [5.41, 5.74) is 4.05. The fourth-order valence-electron chi connectivity index (χ4n) is 1.94. The van der Waals surface area contributed by atoms with Crippen LogP contribution in [-0.2, 0) is 9.53 Å². The average Bonchev–Trinajstić information content (AvgIpc) is 2.66. The highest BCUT2D eigenvalue weighted by molar-refractivity contribution is 6.32. The van der Waals surface area contributed by atoms with Crippen LogP contribution in [0, 0.1) is 10.1 Å². The number of hydrogen-bond donors (Lipinski definition) is 2.